The van der Waals surface area contributed by atoms with Crippen molar-refractivity contribution < 1.29 is 13.2 Å². The normalized spacial score (nSPS) is 16.6. The van der Waals surface area contributed by atoms with Gasteiger partial charge in [-0.2, -0.15) is 0 Å². The maximum Gasteiger partial charge on any atom is 0.240 e. The zero-order valence-corrected chi connectivity index (χ0v) is 17.7. The van der Waals surface area contributed by atoms with Gasteiger partial charge in [0, 0.05) is 24.7 Å². The van der Waals surface area contributed by atoms with Crippen LogP contribution in [-0.2, 0) is 16.4 Å². The molecule has 1 heterocycles. The molecule has 152 valence electrons. The number of hydrogen-bond donors (Lipinski definition) is 1. The maximum absolute atomic E-state index is 12.3. The highest BCUT2D eigenvalue weighted by Crippen LogP contribution is 2.18. The van der Waals surface area contributed by atoms with Gasteiger partial charge in [-0.1, -0.05) is 30.2 Å². The summed E-state index contributed by atoms with van der Waals surface area (Å²) in [6.07, 6.45) is 4.45. The third kappa shape index (κ3) is 5.95. The summed E-state index contributed by atoms with van der Waals surface area (Å²) in [5, 5.41) is 0.510. The first kappa shape index (κ1) is 21.1. The highest BCUT2D eigenvalue weighted by Gasteiger charge is 2.17. The molecule has 2 aromatic carbocycles. The molecule has 7 heteroatoms. The van der Waals surface area contributed by atoms with Gasteiger partial charge < -0.3 is 4.74 Å². The molecule has 1 fully saturated rings. The number of piperidine rings is 1. The van der Waals surface area contributed by atoms with Gasteiger partial charge in [0.25, 0.3) is 0 Å². The number of ether oxygens (including phenoxy) is 1. The number of nitrogens with zero attached hydrogens (tertiary/aromatic N) is 1. The summed E-state index contributed by atoms with van der Waals surface area (Å²) in [5.41, 5.74) is 1.05. The van der Waals surface area contributed by atoms with E-state index in [2.05, 4.69) is 16.5 Å². The number of likely N-dealkylation sites (tertiary alicyclic amines) is 1. The van der Waals surface area contributed by atoms with Gasteiger partial charge in [0.2, 0.25) is 10.0 Å². The van der Waals surface area contributed by atoms with E-state index in [1.807, 2.05) is 24.3 Å². The van der Waals surface area contributed by atoms with Crippen LogP contribution in [0.1, 0.15) is 31.7 Å². The second-order valence-corrected chi connectivity index (χ2v) is 9.26. The van der Waals surface area contributed by atoms with Crippen molar-refractivity contribution in [1.82, 2.24) is 9.62 Å². The van der Waals surface area contributed by atoms with Crippen LogP contribution in [0.15, 0.2) is 53.4 Å². The zero-order valence-electron chi connectivity index (χ0n) is 16.1. The van der Waals surface area contributed by atoms with Crippen molar-refractivity contribution in [2.45, 2.75) is 43.7 Å². The number of halogens is 1. The highest BCUT2D eigenvalue weighted by atomic mass is 35.5. The van der Waals surface area contributed by atoms with E-state index >= 15 is 0 Å². The van der Waals surface area contributed by atoms with Crippen LogP contribution in [-0.4, -0.2) is 39.2 Å². The van der Waals surface area contributed by atoms with Crippen molar-refractivity contribution in [3.8, 4) is 5.75 Å². The van der Waals surface area contributed by atoms with Crippen LogP contribution >= 0.6 is 11.6 Å². The molecule has 1 aliphatic heterocycles. The quantitative estimate of drug-likeness (QED) is 0.696. The molecule has 3 rings (SSSR count). The zero-order chi connectivity index (χ0) is 20.0. The first-order valence-corrected chi connectivity index (χ1v) is 11.5. The third-order valence-corrected chi connectivity index (χ3v) is 6.69. The Kier molecular flexibility index (Phi) is 7.35. The van der Waals surface area contributed by atoms with E-state index in [4.69, 9.17) is 16.3 Å². The topological polar surface area (TPSA) is 58.6 Å². The SMILES string of the molecule is CC(Oc1ccc(CCNS(=O)(=O)c2ccc(Cl)cc2)cc1)N1CCCCC1. The fourth-order valence-electron chi connectivity index (χ4n) is 3.31. The van der Waals surface area contributed by atoms with Crippen LogP contribution < -0.4 is 9.46 Å². The molecule has 0 aliphatic carbocycles. The second-order valence-electron chi connectivity index (χ2n) is 7.06. The van der Waals surface area contributed by atoms with E-state index in [1.165, 1.54) is 31.4 Å². The van der Waals surface area contributed by atoms with Crippen molar-refractivity contribution in [2.75, 3.05) is 19.6 Å². The van der Waals surface area contributed by atoms with Gasteiger partial charge in [-0.15, -0.1) is 0 Å². The smallest absolute Gasteiger partial charge is 0.240 e. The Morgan fingerprint density at radius 1 is 1.04 bits per heavy atom. The monoisotopic (exact) mass is 422 g/mol. The minimum absolute atomic E-state index is 0.0670. The Balaban J connectivity index is 1.48. The van der Waals surface area contributed by atoms with Gasteiger partial charge in [0.1, 0.15) is 12.0 Å². The average molecular weight is 423 g/mol. The summed E-state index contributed by atoms with van der Waals surface area (Å²) in [6, 6.07) is 14.0. The molecule has 0 aromatic heterocycles. The summed E-state index contributed by atoms with van der Waals surface area (Å²) in [6.45, 7) is 4.60. The van der Waals surface area contributed by atoms with Gasteiger partial charge in [-0.25, -0.2) is 13.1 Å². The van der Waals surface area contributed by atoms with Gasteiger partial charge in [0.15, 0.2) is 0 Å². The molecule has 0 saturated carbocycles. The second kappa shape index (κ2) is 9.74. The number of hydrogen-bond acceptors (Lipinski definition) is 4. The summed E-state index contributed by atoms with van der Waals surface area (Å²) in [5.74, 6) is 0.837. The molecular formula is C21H27ClN2O3S. The molecule has 0 bridgehead atoms. The largest absolute Gasteiger partial charge is 0.475 e. The molecule has 1 aliphatic rings. The first-order valence-electron chi connectivity index (χ1n) is 9.69. The van der Waals surface area contributed by atoms with E-state index in [0.29, 0.717) is 18.0 Å². The highest BCUT2D eigenvalue weighted by molar-refractivity contribution is 7.89. The van der Waals surface area contributed by atoms with E-state index in [9.17, 15) is 8.42 Å². The summed E-state index contributed by atoms with van der Waals surface area (Å²) in [4.78, 5) is 2.58. The Morgan fingerprint density at radius 2 is 1.68 bits per heavy atom. The average Bonchev–Trinajstić information content (AvgIpc) is 2.70. The van der Waals surface area contributed by atoms with Crippen molar-refractivity contribution >= 4 is 21.6 Å². The van der Waals surface area contributed by atoms with Crippen LogP contribution in [0.5, 0.6) is 5.75 Å². The molecule has 28 heavy (non-hydrogen) atoms. The van der Waals surface area contributed by atoms with Crippen LogP contribution in [0, 0.1) is 0 Å². The Hall–Kier alpha value is -1.60. The van der Waals surface area contributed by atoms with E-state index in [1.54, 1.807) is 12.1 Å². The van der Waals surface area contributed by atoms with Crippen molar-refractivity contribution in [1.29, 1.82) is 0 Å². The van der Waals surface area contributed by atoms with Gasteiger partial charge >= 0.3 is 0 Å². The minimum atomic E-state index is -3.52. The van der Waals surface area contributed by atoms with E-state index in [-0.39, 0.29) is 11.1 Å². The Morgan fingerprint density at radius 3 is 2.32 bits per heavy atom. The number of benzene rings is 2. The van der Waals surface area contributed by atoms with Crippen LogP contribution in [0.4, 0.5) is 0 Å². The minimum Gasteiger partial charge on any atom is -0.475 e. The van der Waals surface area contributed by atoms with Crippen LogP contribution in [0.25, 0.3) is 0 Å². The predicted octanol–water partition coefficient (Wildman–Crippen LogP) is 4.07. The van der Waals surface area contributed by atoms with Gasteiger partial charge in [-0.05, 0) is 68.1 Å². The molecule has 1 saturated heterocycles. The van der Waals surface area contributed by atoms with Crippen molar-refractivity contribution in [3.05, 3.63) is 59.1 Å². The molecule has 0 amide bonds. The fraction of sp³-hybridized carbons (Fsp3) is 0.429. The van der Waals surface area contributed by atoms with Gasteiger partial charge in [0.05, 0.1) is 4.90 Å². The summed E-state index contributed by atoms with van der Waals surface area (Å²) < 4.78 is 33.2. The predicted molar refractivity (Wildman–Crippen MR) is 112 cm³/mol. The molecule has 0 spiro atoms. The lowest BCUT2D eigenvalue weighted by Crippen LogP contribution is -2.40. The molecule has 5 nitrogen and oxygen atoms in total. The van der Waals surface area contributed by atoms with Crippen molar-refractivity contribution in [2.24, 2.45) is 0 Å². The lowest BCUT2D eigenvalue weighted by Gasteiger charge is -2.32. The number of sulfonamides is 1. The Bertz CT molecular complexity index is 848. The standard InChI is InChI=1S/C21H27ClN2O3S/c1-17(24-15-3-2-4-16-24)27-20-9-5-18(6-10-20)13-14-23-28(25,26)21-11-7-19(22)8-12-21/h5-12,17,23H,2-4,13-16H2,1H3. The van der Waals surface area contributed by atoms with Crippen LogP contribution in [0.3, 0.4) is 0 Å². The molecule has 2 aromatic rings. The van der Waals surface area contributed by atoms with E-state index in [0.717, 1.165) is 24.4 Å². The van der Waals surface area contributed by atoms with E-state index < -0.39 is 10.0 Å². The molecule has 1 atom stereocenters. The third-order valence-electron chi connectivity index (χ3n) is 4.96. The maximum atomic E-state index is 12.3. The molecule has 1 unspecified atom stereocenters. The summed E-state index contributed by atoms with van der Waals surface area (Å²) >= 11 is 5.81. The lowest BCUT2D eigenvalue weighted by atomic mass is 10.1. The van der Waals surface area contributed by atoms with Crippen LogP contribution in [0.2, 0.25) is 5.02 Å². The van der Waals surface area contributed by atoms with Crippen molar-refractivity contribution in [3.63, 3.8) is 0 Å². The summed E-state index contributed by atoms with van der Waals surface area (Å²) in [7, 11) is -3.52. The first-order chi connectivity index (χ1) is 13.4. The number of rotatable bonds is 8. The molecule has 1 N–H and O–H groups in total. The molecular weight excluding hydrogens is 396 g/mol. The van der Waals surface area contributed by atoms with Gasteiger partial charge in [-0.3, -0.25) is 4.90 Å². The number of nitrogens with one attached hydrogen (secondary N) is 1. The Labute approximate surface area is 172 Å². The fourth-order valence-corrected chi connectivity index (χ4v) is 4.47. The molecule has 0 radical (unpaired) electrons. The lowest BCUT2D eigenvalue weighted by molar-refractivity contribution is 0.0262.